The second-order valence-corrected chi connectivity index (χ2v) is 6.52. The molecule has 1 unspecified atom stereocenters. The van der Waals surface area contributed by atoms with Crippen LogP contribution in [0.1, 0.15) is 51.1 Å². The van der Waals surface area contributed by atoms with E-state index in [1.807, 2.05) is 19.9 Å². The number of halogens is 1. The topological polar surface area (TPSA) is 59.8 Å². The summed E-state index contributed by atoms with van der Waals surface area (Å²) in [6, 6.07) is 3.53. The van der Waals surface area contributed by atoms with E-state index in [4.69, 9.17) is 0 Å². The Labute approximate surface area is 134 Å². The van der Waals surface area contributed by atoms with Gasteiger partial charge in [0.2, 0.25) is 5.91 Å². The molecule has 1 aliphatic carbocycles. The minimum atomic E-state index is -0.402. The molecule has 1 aliphatic rings. The van der Waals surface area contributed by atoms with Gasteiger partial charge in [0.25, 0.3) is 0 Å². The highest BCUT2D eigenvalue weighted by molar-refractivity contribution is 5.82. The van der Waals surface area contributed by atoms with Gasteiger partial charge in [0.1, 0.15) is 0 Å². The smallest absolute Gasteiger partial charge is 0.226 e. The molecule has 1 fully saturated rings. The van der Waals surface area contributed by atoms with Crippen molar-refractivity contribution in [2.75, 3.05) is 0 Å². The molecule has 0 aromatic carbocycles. The average Bonchev–Trinajstić information content (AvgIpc) is 3.17. The molecule has 0 radical (unpaired) electrons. The van der Waals surface area contributed by atoms with Gasteiger partial charge in [-0.15, -0.1) is 0 Å². The van der Waals surface area contributed by atoms with Gasteiger partial charge in [0.15, 0.2) is 11.6 Å². The number of nitrogens with zero attached hydrogens (tertiary/aromatic N) is 3. The molecule has 122 valence electrons. The van der Waals surface area contributed by atoms with Crippen LogP contribution in [-0.2, 0) is 4.79 Å². The molecule has 1 saturated carbocycles. The predicted molar refractivity (Wildman–Crippen MR) is 84.4 cm³/mol. The molecule has 2 heterocycles. The Kier molecular flexibility index (Phi) is 4.15. The zero-order chi connectivity index (χ0) is 16.4. The highest BCUT2D eigenvalue weighted by atomic mass is 19.1. The summed E-state index contributed by atoms with van der Waals surface area (Å²) >= 11 is 0. The number of hydrogen-bond donors (Lipinski definition) is 1. The number of rotatable bonds is 4. The number of aromatic nitrogens is 3. The number of carbonyl (C=O) groups excluding carboxylic acids is 1. The monoisotopic (exact) mass is 316 g/mol. The molecule has 0 aliphatic heterocycles. The van der Waals surface area contributed by atoms with Crippen molar-refractivity contribution in [2.45, 2.75) is 45.6 Å². The first-order valence-electron chi connectivity index (χ1n) is 7.95. The van der Waals surface area contributed by atoms with Crippen LogP contribution in [-0.4, -0.2) is 20.7 Å². The van der Waals surface area contributed by atoms with Crippen molar-refractivity contribution in [3.8, 4) is 5.82 Å². The summed E-state index contributed by atoms with van der Waals surface area (Å²) in [4.78, 5) is 16.7. The van der Waals surface area contributed by atoms with E-state index in [1.165, 1.54) is 10.9 Å². The summed E-state index contributed by atoms with van der Waals surface area (Å²) in [7, 11) is 0. The highest BCUT2D eigenvalue weighted by Gasteiger charge is 2.36. The van der Waals surface area contributed by atoms with E-state index in [-0.39, 0.29) is 17.4 Å². The molecule has 6 heteroatoms. The minimum Gasteiger partial charge on any atom is -0.349 e. The van der Waals surface area contributed by atoms with Crippen molar-refractivity contribution in [1.29, 1.82) is 0 Å². The first kappa shape index (κ1) is 15.6. The number of nitrogens with one attached hydrogen (secondary N) is 1. The summed E-state index contributed by atoms with van der Waals surface area (Å²) in [6.45, 7) is 3.98. The maximum absolute atomic E-state index is 13.0. The van der Waals surface area contributed by atoms with E-state index in [9.17, 15) is 9.18 Å². The molecule has 1 amide bonds. The van der Waals surface area contributed by atoms with Crippen LogP contribution in [0.2, 0.25) is 0 Å². The number of amides is 1. The summed E-state index contributed by atoms with van der Waals surface area (Å²) in [6.07, 6.45) is 8.25. The standard InChI is InChI=1S/C17H21FN4O/c1-12(21-16(23)17(2)7-3-4-8-17)13-5-6-15(19-9-13)22-11-14(18)10-20-22/h5-6,9-12H,3-4,7-8H2,1-2H3,(H,21,23). The normalized spacial score (nSPS) is 17.9. The fourth-order valence-electron chi connectivity index (χ4n) is 3.05. The maximum atomic E-state index is 13.0. The van der Waals surface area contributed by atoms with Gasteiger partial charge in [-0.25, -0.2) is 14.1 Å². The van der Waals surface area contributed by atoms with Crippen LogP contribution < -0.4 is 5.32 Å². The molecule has 0 spiro atoms. The Morgan fingerprint density at radius 3 is 2.65 bits per heavy atom. The lowest BCUT2D eigenvalue weighted by atomic mass is 9.87. The summed E-state index contributed by atoms with van der Waals surface area (Å²) in [5.74, 6) is 0.251. The fourth-order valence-corrected chi connectivity index (χ4v) is 3.05. The quantitative estimate of drug-likeness (QED) is 0.942. The van der Waals surface area contributed by atoms with E-state index >= 15 is 0 Å². The summed E-state index contributed by atoms with van der Waals surface area (Å²) in [5, 5.41) is 6.96. The molecule has 1 atom stereocenters. The first-order valence-corrected chi connectivity index (χ1v) is 7.95. The van der Waals surface area contributed by atoms with Crippen LogP contribution in [0.25, 0.3) is 5.82 Å². The van der Waals surface area contributed by atoms with Gasteiger partial charge in [-0.3, -0.25) is 4.79 Å². The van der Waals surface area contributed by atoms with Crippen molar-refractivity contribution in [3.63, 3.8) is 0 Å². The Bertz CT molecular complexity index is 689. The Morgan fingerprint density at radius 2 is 2.09 bits per heavy atom. The third kappa shape index (κ3) is 3.25. The van der Waals surface area contributed by atoms with Gasteiger partial charge in [-0.05, 0) is 31.4 Å². The Morgan fingerprint density at radius 1 is 1.35 bits per heavy atom. The van der Waals surface area contributed by atoms with Crippen molar-refractivity contribution in [1.82, 2.24) is 20.1 Å². The van der Waals surface area contributed by atoms with Crippen LogP contribution in [0.3, 0.4) is 0 Å². The Hall–Kier alpha value is -2.24. The summed E-state index contributed by atoms with van der Waals surface area (Å²) < 4.78 is 14.4. The van der Waals surface area contributed by atoms with Crippen LogP contribution in [0.15, 0.2) is 30.7 Å². The molecule has 5 nitrogen and oxygen atoms in total. The molecular formula is C17H21FN4O. The second kappa shape index (κ2) is 6.10. The number of hydrogen-bond acceptors (Lipinski definition) is 3. The molecule has 23 heavy (non-hydrogen) atoms. The van der Waals surface area contributed by atoms with E-state index in [0.29, 0.717) is 5.82 Å². The van der Waals surface area contributed by atoms with Gasteiger partial charge >= 0.3 is 0 Å². The lowest BCUT2D eigenvalue weighted by molar-refractivity contribution is -0.130. The highest BCUT2D eigenvalue weighted by Crippen LogP contribution is 2.38. The van der Waals surface area contributed by atoms with Crippen molar-refractivity contribution in [2.24, 2.45) is 5.41 Å². The van der Waals surface area contributed by atoms with Gasteiger partial charge in [-0.2, -0.15) is 5.10 Å². The largest absolute Gasteiger partial charge is 0.349 e. The van der Waals surface area contributed by atoms with Crippen LogP contribution in [0.5, 0.6) is 0 Å². The SMILES string of the molecule is CC(NC(=O)C1(C)CCCC1)c1ccc(-n2cc(F)cn2)nc1. The van der Waals surface area contributed by atoms with E-state index in [0.717, 1.165) is 37.4 Å². The van der Waals surface area contributed by atoms with E-state index in [2.05, 4.69) is 15.4 Å². The third-order valence-corrected chi connectivity index (χ3v) is 4.66. The van der Waals surface area contributed by atoms with Crippen molar-refractivity contribution >= 4 is 5.91 Å². The molecule has 0 bridgehead atoms. The summed E-state index contributed by atoms with van der Waals surface area (Å²) in [5.41, 5.74) is 0.671. The minimum absolute atomic E-state index is 0.112. The van der Waals surface area contributed by atoms with Gasteiger partial charge < -0.3 is 5.32 Å². The van der Waals surface area contributed by atoms with Crippen molar-refractivity contribution in [3.05, 3.63) is 42.1 Å². The number of pyridine rings is 1. The van der Waals surface area contributed by atoms with Crippen LogP contribution in [0, 0.1) is 11.2 Å². The molecule has 3 rings (SSSR count). The average molecular weight is 316 g/mol. The molecule has 1 N–H and O–H groups in total. The zero-order valence-electron chi connectivity index (χ0n) is 13.4. The Balaban J connectivity index is 1.68. The lowest BCUT2D eigenvalue weighted by Crippen LogP contribution is -2.38. The fraction of sp³-hybridized carbons (Fsp3) is 0.471. The first-order chi connectivity index (χ1) is 11.0. The second-order valence-electron chi connectivity index (χ2n) is 6.52. The molecule has 2 aromatic heterocycles. The molecule has 2 aromatic rings. The van der Waals surface area contributed by atoms with E-state index < -0.39 is 5.82 Å². The lowest BCUT2D eigenvalue weighted by Gasteiger charge is -2.25. The number of carbonyl (C=O) groups is 1. The maximum Gasteiger partial charge on any atom is 0.226 e. The molecule has 0 saturated heterocycles. The molecular weight excluding hydrogens is 295 g/mol. The van der Waals surface area contributed by atoms with Crippen LogP contribution in [0.4, 0.5) is 4.39 Å². The third-order valence-electron chi connectivity index (χ3n) is 4.66. The van der Waals surface area contributed by atoms with Gasteiger partial charge in [0, 0.05) is 11.6 Å². The van der Waals surface area contributed by atoms with Crippen LogP contribution >= 0.6 is 0 Å². The predicted octanol–water partition coefficient (Wildman–Crippen LogP) is 3.16. The van der Waals surface area contributed by atoms with Crippen molar-refractivity contribution < 1.29 is 9.18 Å². The zero-order valence-corrected chi connectivity index (χ0v) is 13.4. The van der Waals surface area contributed by atoms with Gasteiger partial charge in [0.05, 0.1) is 18.4 Å². The van der Waals surface area contributed by atoms with E-state index in [1.54, 1.807) is 12.3 Å². The van der Waals surface area contributed by atoms with Gasteiger partial charge in [-0.1, -0.05) is 25.8 Å².